The van der Waals surface area contributed by atoms with Crippen LogP contribution in [-0.2, 0) is 14.3 Å². The van der Waals surface area contributed by atoms with E-state index in [1.54, 1.807) is 13.8 Å². The standard InChI is InChI=1S/C11H19NO4/c1-5-15-10(13)9-8(4)16-11(14)12(9)6-7(2)3/h7-9H,5-6H2,1-4H3/t8-,9+/m1/s1. The number of carbonyl (C=O) groups is 2. The quantitative estimate of drug-likeness (QED) is 0.684. The summed E-state index contributed by atoms with van der Waals surface area (Å²) in [5.74, 6) is -0.101. The number of hydrogen-bond acceptors (Lipinski definition) is 4. The van der Waals surface area contributed by atoms with Crippen LogP contribution in [0.5, 0.6) is 0 Å². The molecule has 92 valence electrons. The van der Waals surface area contributed by atoms with Crippen LogP contribution in [0.15, 0.2) is 0 Å². The van der Waals surface area contributed by atoms with E-state index in [2.05, 4.69) is 0 Å². The molecule has 5 heteroatoms. The molecule has 5 nitrogen and oxygen atoms in total. The van der Waals surface area contributed by atoms with Crippen molar-refractivity contribution in [2.24, 2.45) is 5.92 Å². The molecule has 16 heavy (non-hydrogen) atoms. The van der Waals surface area contributed by atoms with E-state index in [1.165, 1.54) is 4.90 Å². The van der Waals surface area contributed by atoms with Gasteiger partial charge in [0.1, 0.15) is 6.10 Å². The number of ether oxygens (including phenoxy) is 2. The van der Waals surface area contributed by atoms with E-state index in [0.717, 1.165) is 0 Å². The molecule has 1 heterocycles. The van der Waals surface area contributed by atoms with Gasteiger partial charge in [0.05, 0.1) is 6.61 Å². The minimum Gasteiger partial charge on any atom is -0.464 e. The molecular formula is C11H19NO4. The van der Waals surface area contributed by atoms with Gasteiger partial charge in [0.25, 0.3) is 0 Å². The number of cyclic esters (lactones) is 1. The van der Waals surface area contributed by atoms with Gasteiger partial charge in [-0.2, -0.15) is 0 Å². The van der Waals surface area contributed by atoms with E-state index in [0.29, 0.717) is 13.2 Å². The Labute approximate surface area is 95.7 Å². The van der Waals surface area contributed by atoms with Gasteiger partial charge < -0.3 is 9.47 Å². The molecule has 1 rings (SSSR count). The average Bonchev–Trinajstić information content (AvgIpc) is 2.41. The van der Waals surface area contributed by atoms with Crippen LogP contribution in [-0.4, -0.2) is 42.3 Å². The zero-order valence-corrected chi connectivity index (χ0v) is 10.2. The Hall–Kier alpha value is -1.26. The van der Waals surface area contributed by atoms with Gasteiger partial charge in [-0.1, -0.05) is 13.8 Å². The van der Waals surface area contributed by atoms with Crippen LogP contribution in [0, 0.1) is 5.92 Å². The van der Waals surface area contributed by atoms with Crippen molar-refractivity contribution in [2.45, 2.75) is 39.8 Å². The van der Waals surface area contributed by atoms with Gasteiger partial charge in [0.15, 0.2) is 6.04 Å². The molecule has 0 bridgehead atoms. The Morgan fingerprint density at radius 1 is 1.56 bits per heavy atom. The van der Waals surface area contributed by atoms with Gasteiger partial charge >= 0.3 is 12.1 Å². The Morgan fingerprint density at radius 3 is 2.69 bits per heavy atom. The van der Waals surface area contributed by atoms with Crippen LogP contribution in [0.2, 0.25) is 0 Å². The van der Waals surface area contributed by atoms with E-state index in [-0.39, 0.29) is 11.9 Å². The second-order valence-electron chi connectivity index (χ2n) is 4.33. The zero-order chi connectivity index (χ0) is 12.3. The normalized spacial score (nSPS) is 24.8. The molecule has 0 saturated carbocycles. The van der Waals surface area contributed by atoms with Gasteiger partial charge in [0.2, 0.25) is 0 Å². The molecule has 0 aromatic rings. The predicted molar refractivity (Wildman–Crippen MR) is 57.9 cm³/mol. The first-order valence-corrected chi connectivity index (χ1v) is 5.61. The molecule has 1 saturated heterocycles. The predicted octanol–water partition coefficient (Wildman–Crippen LogP) is 1.41. The summed E-state index contributed by atoms with van der Waals surface area (Å²) in [6, 6.07) is -0.602. The molecule has 0 radical (unpaired) electrons. The Kier molecular flexibility index (Phi) is 4.15. The molecule has 0 unspecified atom stereocenters. The van der Waals surface area contributed by atoms with Crippen molar-refractivity contribution in [1.82, 2.24) is 4.90 Å². The topological polar surface area (TPSA) is 55.8 Å². The molecule has 0 aliphatic carbocycles. The third-order valence-electron chi connectivity index (χ3n) is 2.39. The summed E-state index contributed by atoms with van der Waals surface area (Å²) in [5, 5.41) is 0. The molecular weight excluding hydrogens is 210 g/mol. The Bertz CT molecular complexity index is 277. The van der Waals surface area contributed by atoms with Crippen molar-refractivity contribution in [1.29, 1.82) is 0 Å². The summed E-state index contributed by atoms with van der Waals surface area (Å²) in [4.78, 5) is 24.7. The van der Waals surface area contributed by atoms with Crippen molar-refractivity contribution in [2.75, 3.05) is 13.2 Å². The first-order chi connectivity index (χ1) is 7.47. The summed E-state index contributed by atoms with van der Waals surface area (Å²) >= 11 is 0. The largest absolute Gasteiger partial charge is 0.464 e. The number of rotatable bonds is 4. The van der Waals surface area contributed by atoms with Crippen LogP contribution >= 0.6 is 0 Å². The lowest BCUT2D eigenvalue weighted by Gasteiger charge is -2.22. The molecule has 1 amide bonds. The fraction of sp³-hybridized carbons (Fsp3) is 0.818. The van der Waals surface area contributed by atoms with Crippen LogP contribution in [0.4, 0.5) is 4.79 Å². The second kappa shape index (κ2) is 5.18. The maximum Gasteiger partial charge on any atom is 0.411 e. The molecule has 0 N–H and O–H groups in total. The number of nitrogens with zero attached hydrogens (tertiary/aromatic N) is 1. The van der Waals surface area contributed by atoms with Crippen LogP contribution in [0.1, 0.15) is 27.7 Å². The average molecular weight is 229 g/mol. The van der Waals surface area contributed by atoms with E-state index < -0.39 is 18.2 Å². The smallest absolute Gasteiger partial charge is 0.411 e. The van der Waals surface area contributed by atoms with Crippen molar-refractivity contribution >= 4 is 12.1 Å². The summed E-state index contributed by atoms with van der Waals surface area (Å²) in [6.45, 7) is 8.24. The molecule has 0 aromatic heterocycles. The van der Waals surface area contributed by atoms with Crippen molar-refractivity contribution < 1.29 is 19.1 Å². The first kappa shape index (κ1) is 12.8. The van der Waals surface area contributed by atoms with Gasteiger partial charge in [0, 0.05) is 6.54 Å². The lowest BCUT2D eigenvalue weighted by Crippen LogP contribution is -2.44. The highest BCUT2D eigenvalue weighted by molar-refractivity contribution is 5.85. The van der Waals surface area contributed by atoms with Crippen molar-refractivity contribution in [3.8, 4) is 0 Å². The lowest BCUT2D eigenvalue weighted by molar-refractivity contribution is -0.149. The summed E-state index contributed by atoms with van der Waals surface area (Å²) in [7, 11) is 0. The van der Waals surface area contributed by atoms with E-state index >= 15 is 0 Å². The highest BCUT2D eigenvalue weighted by Crippen LogP contribution is 2.21. The summed E-state index contributed by atoms with van der Waals surface area (Å²) in [6.07, 6.45) is -0.871. The summed E-state index contributed by atoms with van der Waals surface area (Å²) < 4.78 is 9.98. The Morgan fingerprint density at radius 2 is 2.19 bits per heavy atom. The molecule has 1 aliphatic rings. The third-order valence-corrected chi connectivity index (χ3v) is 2.39. The minimum absolute atomic E-state index is 0.287. The molecule has 2 atom stereocenters. The SMILES string of the molecule is CCOC(=O)[C@@H]1[C@@H](C)OC(=O)N1CC(C)C. The van der Waals surface area contributed by atoms with E-state index in [9.17, 15) is 9.59 Å². The van der Waals surface area contributed by atoms with Crippen LogP contribution in [0.25, 0.3) is 0 Å². The molecule has 1 aliphatic heterocycles. The van der Waals surface area contributed by atoms with Crippen molar-refractivity contribution in [3.63, 3.8) is 0 Å². The number of esters is 1. The molecule has 0 spiro atoms. The monoisotopic (exact) mass is 229 g/mol. The van der Waals surface area contributed by atoms with Gasteiger partial charge in [-0.15, -0.1) is 0 Å². The highest BCUT2D eigenvalue weighted by Gasteiger charge is 2.44. The van der Waals surface area contributed by atoms with Crippen LogP contribution < -0.4 is 0 Å². The van der Waals surface area contributed by atoms with Gasteiger partial charge in [-0.3, -0.25) is 4.90 Å². The van der Waals surface area contributed by atoms with Crippen LogP contribution in [0.3, 0.4) is 0 Å². The Balaban J connectivity index is 2.76. The van der Waals surface area contributed by atoms with E-state index in [1.807, 2.05) is 13.8 Å². The van der Waals surface area contributed by atoms with Gasteiger partial charge in [-0.05, 0) is 19.8 Å². The summed E-state index contributed by atoms with van der Waals surface area (Å²) in [5.41, 5.74) is 0. The third kappa shape index (κ3) is 2.65. The fourth-order valence-electron chi connectivity index (χ4n) is 1.79. The molecule has 1 fully saturated rings. The molecule has 0 aromatic carbocycles. The number of hydrogen-bond donors (Lipinski definition) is 0. The zero-order valence-electron chi connectivity index (χ0n) is 10.2. The van der Waals surface area contributed by atoms with E-state index in [4.69, 9.17) is 9.47 Å². The van der Waals surface area contributed by atoms with Gasteiger partial charge in [-0.25, -0.2) is 9.59 Å². The second-order valence-corrected chi connectivity index (χ2v) is 4.33. The minimum atomic E-state index is -0.602. The fourth-order valence-corrected chi connectivity index (χ4v) is 1.79. The maximum atomic E-state index is 11.7. The lowest BCUT2D eigenvalue weighted by atomic mass is 10.1. The van der Waals surface area contributed by atoms with Crippen molar-refractivity contribution in [3.05, 3.63) is 0 Å². The number of amides is 1. The highest BCUT2D eigenvalue weighted by atomic mass is 16.6. The number of carbonyl (C=O) groups excluding carboxylic acids is 2. The first-order valence-electron chi connectivity index (χ1n) is 5.61. The maximum absolute atomic E-state index is 11.7.